The Hall–Kier alpha value is -2.16. The van der Waals surface area contributed by atoms with Crippen LogP contribution in [-0.2, 0) is 13.2 Å². The molecular weight excluding hydrogens is 273 g/mol. The van der Waals surface area contributed by atoms with Gasteiger partial charge in [-0.05, 0) is 12.1 Å². The Balaban J connectivity index is 2.45. The first-order valence-electron chi connectivity index (χ1n) is 5.80. The van der Waals surface area contributed by atoms with Gasteiger partial charge in [-0.15, -0.1) is 0 Å². The number of hydrogen-bond donors (Lipinski definition) is 2. The second-order valence-corrected chi connectivity index (χ2v) is 4.05. The molecular formula is C11H13F3N6. The number of aromatic nitrogens is 4. The van der Waals surface area contributed by atoms with Gasteiger partial charge in [0.2, 0.25) is 5.95 Å². The van der Waals surface area contributed by atoms with Gasteiger partial charge in [0, 0.05) is 26.3 Å². The van der Waals surface area contributed by atoms with Crippen molar-refractivity contribution in [1.82, 2.24) is 19.7 Å². The van der Waals surface area contributed by atoms with Crippen LogP contribution < -0.4 is 11.1 Å². The van der Waals surface area contributed by atoms with Gasteiger partial charge in [0.25, 0.3) is 0 Å². The summed E-state index contributed by atoms with van der Waals surface area (Å²) >= 11 is 0. The van der Waals surface area contributed by atoms with Gasteiger partial charge in [-0.2, -0.15) is 18.3 Å². The first kappa shape index (κ1) is 14.3. The predicted molar refractivity (Wildman–Crippen MR) is 66.8 cm³/mol. The number of nitrogens with two attached hydrogens (primary N) is 1. The van der Waals surface area contributed by atoms with Crippen molar-refractivity contribution >= 4 is 5.95 Å². The van der Waals surface area contributed by atoms with Crippen LogP contribution in [0.25, 0.3) is 11.4 Å². The van der Waals surface area contributed by atoms with Gasteiger partial charge in [0.15, 0.2) is 5.69 Å². The molecule has 0 saturated carbocycles. The molecule has 0 saturated heterocycles. The third-order valence-corrected chi connectivity index (χ3v) is 2.42. The van der Waals surface area contributed by atoms with E-state index in [1.807, 2.05) is 0 Å². The van der Waals surface area contributed by atoms with Crippen LogP contribution in [0.3, 0.4) is 0 Å². The van der Waals surface area contributed by atoms with E-state index in [4.69, 9.17) is 5.73 Å². The zero-order valence-electron chi connectivity index (χ0n) is 10.6. The van der Waals surface area contributed by atoms with Crippen LogP contribution in [0.1, 0.15) is 5.69 Å². The Morgan fingerprint density at radius 1 is 1.30 bits per heavy atom. The molecule has 0 amide bonds. The van der Waals surface area contributed by atoms with Gasteiger partial charge >= 0.3 is 6.18 Å². The number of hydrogen-bond acceptors (Lipinski definition) is 5. The normalized spacial score (nSPS) is 11.7. The van der Waals surface area contributed by atoms with Crippen LogP contribution >= 0.6 is 0 Å². The predicted octanol–water partition coefficient (Wildman–Crippen LogP) is 1.27. The molecule has 9 heteroatoms. The van der Waals surface area contributed by atoms with E-state index in [9.17, 15) is 13.2 Å². The van der Waals surface area contributed by atoms with Crippen molar-refractivity contribution in [2.45, 2.75) is 6.18 Å². The Morgan fingerprint density at radius 2 is 2.05 bits per heavy atom. The fraction of sp³-hybridized carbons (Fsp3) is 0.364. The lowest BCUT2D eigenvalue weighted by atomic mass is 10.2. The number of nitrogens with zero attached hydrogens (tertiary/aromatic N) is 4. The summed E-state index contributed by atoms with van der Waals surface area (Å²) in [6, 6.07) is 2.45. The number of nitrogens with one attached hydrogen (secondary N) is 1. The molecule has 0 bridgehead atoms. The lowest BCUT2D eigenvalue weighted by molar-refractivity contribution is -0.141. The minimum Gasteiger partial charge on any atom is -0.353 e. The van der Waals surface area contributed by atoms with Crippen LogP contribution in [0.15, 0.2) is 18.3 Å². The van der Waals surface area contributed by atoms with E-state index in [1.165, 1.54) is 4.68 Å². The highest BCUT2D eigenvalue weighted by molar-refractivity contribution is 5.56. The zero-order valence-corrected chi connectivity index (χ0v) is 10.6. The minimum absolute atomic E-state index is 0.104. The maximum atomic E-state index is 12.8. The standard InChI is InChI=1S/C11H13F3N6/c1-20-5-2-7(19-20)8-6-9(11(12,13)14)18-10(17-8)16-4-3-15/h2,5-6H,3-4,15H2,1H3,(H,16,17,18). The van der Waals surface area contributed by atoms with Gasteiger partial charge in [-0.3, -0.25) is 4.68 Å². The molecule has 0 aromatic carbocycles. The molecule has 2 rings (SSSR count). The van der Waals surface area contributed by atoms with Crippen molar-refractivity contribution in [3.63, 3.8) is 0 Å². The lowest BCUT2D eigenvalue weighted by Crippen LogP contribution is -2.17. The maximum Gasteiger partial charge on any atom is 0.433 e. The Bertz CT molecular complexity index is 592. The highest BCUT2D eigenvalue weighted by atomic mass is 19.4. The quantitative estimate of drug-likeness (QED) is 0.884. The molecule has 0 spiro atoms. The van der Waals surface area contributed by atoms with Crippen molar-refractivity contribution in [3.8, 4) is 11.4 Å². The Kier molecular flexibility index (Phi) is 3.89. The Morgan fingerprint density at radius 3 is 2.60 bits per heavy atom. The monoisotopic (exact) mass is 286 g/mol. The number of rotatable bonds is 4. The molecule has 0 aliphatic rings. The summed E-state index contributed by atoms with van der Waals surface area (Å²) in [5.74, 6) is -0.120. The summed E-state index contributed by atoms with van der Waals surface area (Å²) in [7, 11) is 1.67. The van der Waals surface area contributed by atoms with E-state index in [1.54, 1.807) is 19.3 Å². The molecule has 0 aliphatic heterocycles. The summed E-state index contributed by atoms with van der Waals surface area (Å²) in [6.07, 6.45) is -2.93. The summed E-state index contributed by atoms with van der Waals surface area (Å²) < 4.78 is 40.0. The van der Waals surface area contributed by atoms with Gasteiger partial charge in [0.05, 0.1) is 5.69 Å². The minimum atomic E-state index is -4.55. The SMILES string of the molecule is Cn1ccc(-c2cc(C(F)(F)F)nc(NCCN)n2)n1. The third kappa shape index (κ3) is 3.23. The van der Waals surface area contributed by atoms with Crippen molar-refractivity contribution in [2.24, 2.45) is 12.8 Å². The first-order valence-corrected chi connectivity index (χ1v) is 5.80. The maximum absolute atomic E-state index is 12.8. The van der Waals surface area contributed by atoms with Gasteiger partial charge in [0.1, 0.15) is 5.69 Å². The highest BCUT2D eigenvalue weighted by Gasteiger charge is 2.34. The van der Waals surface area contributed by atoms with E-state index in [0.29, 0.717) is 5.69 Å². The van der Waals surface area contributed by atoms with E-state index < -0.39 is 11.9 Å². The number of alkyl halides is 3. The molecule has 0 atom stereocenters. The third-order valence-electron chi connectivity index (χ3n) is 2.42. The number of anilines is 1. The molecule has 0 radical (unpaired) electrons. The van der Waals surface area contributed by atoms with Crippen LogP contribution in [0.2, 0.25) is 0 Å². The summed E-state index contributed by atoms with van der Waals surface area (Å²) in [5.41, 5.74) is 4.72. The van der Waals surface area contributed by atoms with Crippen molar-refractivity contribution < 1.29 is 13.2 Å². The fourth-order valence-electron chi connectivity index (χ4n) is 1.54. The summed E-state index contributed by atoms with van der Waals surface area (Å²) in [6.45, 7) is 0.543. The summed E-state index contributed by atoms with van der Waals surface area (Å²) in [4.78, 5) is 7.45. The van der Waals surface area contributed by atoms with Crippen LogP contribution in [-0.4, -0.2) is 32.8 Å². The zero-order chi connectivity index (χ0) is 14.8. The molecule has 108 valence electrons. The van der Waals surface area contributed by atoms with E-state index in [0.717, 1.165) is 6.07 Å². The second-order valence-electron chi connectivity index (χ2n) is 4.05. The average Bonchev–Trinajstić information content (AvgIpc) is 2.82. The fourth-order valence-corrected chi connectivity index (χ4v) is 1.54. The molecule has 6 nitrogen and oxygen atoms in total. The van der Waals surface area contributed by atoms with Crippen molar-refractivity contribution in [2.75, 3.05) is 18.4 Å². The molecule has 2 aromatic heterocycles. The number of halogens is 3. The Labute approximate surface area is 112 Å². The topological polar surface area (TPSA) is 81.7 Å². The largest absolute Gasteiger partial charge is 0.433 e. The van der Waals surface area contributed by atoms with E-state index in [-0.39, 0.29) is 24.7 Å². The molecule has 20 heavy (non-hydrogen) atoms. The first-order chi connectivity index (χ1) is 9.40. The van der Waals surface area contributed by atoms with Gasteiger partial charge < -0.3 is 11.1 Å². The lowest BCUT2D eigenvalue weighted by Gasteiger charge is -2.10. The molecule has 2 heterocycles. The van der Waals surface area contributed by atoms with E-state index in [2.05, 4.69) is 20.4 Å². The summed E-state index contributed by atoms with van der Waals surface area (Å²) in [5, 5.41) is 6.67. The van der Waals surface area contributed by atoms with Crippen molar-refractivity contribution in [1.29, 1.82) is 0 Å². The smallest absolute Gasteiger partial charge is 0.353 e. The van der Waals surface area contributed by atoms with Gasteiger partial charge in [-0.25, -0.2) is 9.97 Å². The molecule has 2 aromatic rings. The van der Waals surface area contributed by atoms with Crippen molar-refractivity contribution in [3.05, 3.63) is 24.0 Å². The molecule has 3 N–H and O–H groups in total. The molecule has 0 aliphatic carbocycles. The van der Waals surface area contributed by atoms with Crippen LogP contribution in [0.5, 0.6) is 0 Å². The highest BCUT2D eigenvalue weighted by Crippen LogP contribution is 2.30. The second kappa shape index (κ2) is 5.45. The molecule has 0 fully saturated rings. The molecule has 0 unspecified atom stereocenters. The van der Waals surface area contributed by atoms with Gasteiger partial charge in [-0.1, -0.05) is 0 Å². The van der Waals surface area contributed by atoms with E-state index >= 15 is 0 Å². The van der Waals surface area contributed by atoms with Crippen LogP contribution in [0.4, 0.5) is 19.1 Å². The van der Waals surface area contributed by atoms with Crippen LogP contribution in [0, 0.1) is 0 Å². The number of aryl methyl sites for hydroxylation is 1. The average molecular weight is 286 g/mol.